The first-order valence-corrected chi connectivity index (χ1v) is 17.7. The van der Waals surface area contributed by atoms with Gasteiger partial charge in [-0.25, -0.2) is 13.4 Å². The smallest absolute Gasteiger partial charge is 0.280 e. The number of carbonyl (C=O) groups excluding carboxylic acids is 1. The Kier molecular flexibility index (Phi) is 9.49. The highest BCUT2D eigenvalue weighted by Crippen LogP contribution is 2.42. The average molecular weight is 629 g/mol. The van der Waals surface area contributed by atoms with E-state index in [4.69, 9.17) is 32.9 Å². The highest BCUT2D eigenvalue weighted by molar-refractivity contribution is 7.91. The third-order valence-corrected chi connectivity index (χ3v) is 12.3. The Hall–Kier alpha value is -1.23. The predicted octanol–water partition coefficient (Wildman–Crippen LogP) is 6.16. The maximum absolute atomic E-state index is 13.3. The Morgan fingerprint density at radius 1 is 1.12 bits per heavy atom. The summed E-state index contributed by atoms with van der Waals surface area (Å²) in [7, 11) is -3.00. The van der Waals surface area contributed by atoms with Crippen molar-refractivity contribution in [3.63, 3.8) is 0 Å². The molecule has 11 heteroatoms. The van der Waals surface area contributed by atoms with Crippen LogP contribution in [0.2, 0.25) is 10.0 Å². The number of benzene rings is 1. The van der Waals surface area contributed by atoms with Crippen LogP contribution < -0.4 is 5.32 Å². The maximum Gasteiger partial charge on any atom is 0.280 e. The van der Waals surface area contributed by atoms with Gasteiger partial charge in [0.25, 0.3) is 5.91 Å². The lowest BCUT2D eigenvalue weighted by atomic mass is 9.85. The topological polar surface area (TPSA) is 88.6 Å². The van der Waals surface area contributed by atoms with Crippen LogP contribution in [-0.2, 0) is 27.5 Å². The van der Waals surface area contributed by atoms with Gasteiger partial charge in [-0.1, -0.05) is 67.4 Å². The zero-order valence-electron chi connectivity index (χ0n) is 23.3. The molecule has 1 N–H and O–H groups in total. The average Bonchev–Trinajstić information content (AvgIpc) is 3.33. The van der Waals surface area contributed by atoms with Crippen LogP contribution in [-0.4, -0.2) is 67.1 Å². The Bertz CT molecular complexity index is 1320. The molecule has 1 aliphatic carbocycles. The molecule has 1 aromatic carbocycles. The molecule has 0 unspecified atom stereocenters. The van der Waals surface area contributed by atoms with Crippen molar-refractivity contribution in [2.75, 3.05) is 31.3 Å². The van der Waals surface area contributed by atoms with Gasteiger partial charge in [-0.3, -0.25) is 9.69 Å². The molecule has 1 saturated carbocycles. The van der Waals surface area contributed by atoms with E-state index in [-0.39, 0.29) is 29.0 Å². The predicted molar refractivity (Wildman–Crippen MR) is 162 cm³/mol. The normalized spacial score (nSPS) is 22.3. The van der Waals surface area contributed by atoms with Crippen molar-refractivity contribution in [3.8, 4) is 10.4 Å². The van der Waals surface area contributed by atoms with Gasteiger partial charge in [0, 0.05) is 30.2 Å². The van der Waals surface area contributed by atoms with Crippen LogP contribution in [0.4, 0.5) is 0 Å². The molecule has 0 atom stereocenters. The van der Waals surface area contributed by atoms with Crippen LogP contribution in [0.1, 0.15) is 79.9 Å². The first-order chi connectivity index (χ1) is 19.0. The number of hydrogen-bond donors (Lipinski definition) is 1. The lowest BCUT2D eigenvalue weighted by Gasteiger charge is -2.42. The van der Waals surface area contributed by atoms with Crippen molar-refractivity contribution in [3.05, 3.63) is 38.4 Å². The molecule has 0 bridgehead atoms. The second-order valence-corrected chi connectivity index (χ2v) is 16.1. The summed E-state index contributed by atoms with van der Waals surface area (Å²) in [5.41, 5.74) is 2.58. The highest BCUT2D eigenvalue weighted by atomic mass is 35.5. The van der Waals surface area contributed by atoms with Crippen LogP contribution >= 0.6 is 34.5 Å². The minimum atomic E-state index is -3.00. The minimum Gasteiger partial charge on any atom is -0.378 e. The van der Waals surface area contributed by atoms with Gasteiger partial charge >= 0.3 is 0 Å². The second kappa shape index (κ2) is 12.6. The number of nitrogens with one attached hydrogen (secondary N) is 1. The van der Waals surface area contributed by atoms with E-state index in [2.05, 4.69) is 24.1 Å². The van der Waals surface area contributed by atoms with E-state index in [0.717, 1.165) is 47.5 Å². The van der Waals surface area contributed by atoms with Crippen LogP contribution in [0.3, 0.4) is 0 Å². The van der Waals surface area contributed by atoms with E-state index < -0.39 is 9.84 Å². The highest BCUT2D eigenvalue weighted by Gasteiger charge is 2.32. The molecular formula is C29H39Cl2N3O4S2. The van der Waals surface area contributed by atoms with E-state index in [1.165, 1.54) is 30.6 Å². The van der Waals surface area contributed by atoms with Gasteiger partial charge in [0.2, 0.25) is 0 Å². The zero-order valence-corrected chi connectivity index (χ0v) is 26.5. The molecule has 2 aliphatic heterocycles. The molecule has 5 rings (SSSR count). The number of halogens is 2. The lowest BCUT2D eigenvalue weighted by molar-refractivity contribution is -0.0552. The van der Waals surface area contributed by atoms with E-state index in [0.29, 0.717) is 53.6 Å². The Balaban J connectivity index is 1.41. The fourth-order valence-corrected chi connectivity index (χ4v) is 9.10. The molecule has 40 heavy (non-hydrogen) atoms. The van der Waals surface area contributed by atoms with Crippen molar-refractivity contribution >= 4 is 50.3 Å². The molecule has 1 amide bonds. The fraction of sp³-hybridized carbons (Fsp3) is 0.655. The van der Waals surface area contributed by atoms with Crippen molar-refractivity contribution < 1.29 is 17.9 Å². The van der Waals surface area contributed by atoms with Gasteiger partial charge in [-0.2, -0.15) is 0 Å². The number of carbonyl (C=O) groups is 1. The first-order valence-electron chi connectivity index (χ1n) is 14.3. The van der Waals surface area contributed by atoms with E-state index in [1.807, 2.05) is 12.1 Å². The minimum absolute atomic E-state index is 0.0949. The summed E-state index contributed by atoms with van der Waals surface area (Å²) in [6.07, 6.45) is 7.72. The molecule has 3 heterocycles. The van der Waals surface area contributed by atoms with Gasteiger partial charge in [-0.15, -0.1) is 11.3 Å². The van der Waals surface area contributed by atoms with Gasteiger partial charge < -0.3 is 10.1 Å². The molecular weight excluding hydrogens is 589 g/mol. The summed E-state index contributed by atoms with van der Waals surface area (Å²) in [5.74, 6) is 0.497. The first kappa shape index (κ1) is 30.2. The van der Waals surface area contributed by atoms with Crippen molar-refractivity contribution in [2.24, 2.45) is 5.92 Å². The molecule has 3 fully saturated rings. The third-order valence-electron chi connectivity index (χ3n) is 8.57. The maximum atomic E-state index is 13.3. The number of morpholine rings is 1. The molecule has 0 spiro atoms. The molecule has 1 aromatic heterocycles. The SMILES string of the molecule is CC1(C)COCCN1Cc1ccc(-c2sc(C(=O)NC3CCS(=O)(=O)CC3)nc2CC2CCCCC2)c(Cl)c1Cl. The summed E-state index contributed by atoms with van der Waals surface area (Å²) in [5, 5.41) is 4.44. The van der Waals surface area contributed by atoms with Gasteiger partial charge in [0.15, 0.2) is 5.01 Å². The Labute approximate surface area is 251 Å². The van der Waals surface area contributed by atoms with Gasteiger partial charge in [0.1, 0.15) is 9.84 Å². The molecule has 7 nitrogen and oxygen atoms in total. The second-order valence-electron chi connectivity index (χ2n) is 12.1. The third kappa shape index (κ3) is 7.04. The number of thiazole rings is 1. The number of aromatic nitrogens is 1. The molecule has 220 valence electrons. The standard InChI is InChI=1S/C29H39Cl2N3O4S2/c1-29(2)18-38-13-12-34(29)17-20-8-9-22(25(31)24(20)30)26-23(16-19-6-4-3-5-7-19)33-28(39-26)27(35)32-21-10-14-40(36,37)15-11-21/h8-9,19,21H,3-7,10-18H2,1-2H3,(H,32,35). The monoisotopic (exact) mass is 627 g/mol. The van der Waals surface area contributed by atoms with E-state index in [9.17, 15) is 13.2 Å². The molecule has 2 aromatic rings. The molecule has 3 aliphatic rings. The van der Waals surface area contributed by atoms with Crippen LogP contribution in [0.5, 0.6) is 0 Å². The molecule has 0 radical (unpaired) electrons. The summed E-state index contributed by atoms with van der Waals surface area (Å²) in [6.45, 7) is 7.21. The number of hydrogen-bond acceptors (Lipinski definition) is 7. The largest absolute Gasteiger partial charge is 0.378 e. The summed E-state index contributed by atoms with van der Waals surface area (Å²) in [6, 6.07) is 3.90. The van der Waals surface area contributed by atoms with Crippen LogP contribution in [0.15, 0.2) is 12.1 Å². The number of amides is 1. The van der Waals surface area contributed by atoms with Gasteiger partial charge in [0.05, 0.1) is 45.3 Å². The quantitative estimate of drug-likeness (QED) is 0.396. The summed E-state index contributed by atoms with van der Waals surface area (Å²) >= 11 is 15.2. The van der Waals surface area contributed by atoms with Crippen molar-refractivity contribution in [2.45, 2.75) is 83.3 Å². The molecule has 2 saturated heterocycles. The Morgan fingerprint density at radius 2 is 1.85 bits per heavy atom. The van der Waals surface area contributed by atoms with Crippen molar-refractivity contribution in [1.82, 2.24) is 15.2 Å². The van der Waals surface area contributed by atoms with Crippen LogP contribution in [0.25, 0.3) is 10.4 Å². The van der Waals surface area contributed by atoms with E-state index in [1.54, 1.807) is 0 Å². The van der Waals surface area contributed by atoms with E-state index >= 15 is 0 Å². The van der Waals surface area contributed by atoms with Crippen molar-refractivity contribution in [1.29, 1.82) is 0 Å². The zero-order chi connectivity index (χ0) is 28.5. The lowest BCUT2D eigenvalue weighted by Crippen LogP contribution is -2.52. The van der Waals surface area contributed by atoms with Gasteiger partial charge in [-0.05, 0) is 44.6 Å². The summed E-state index contributed by atoms with van der Waals surface area (Å²) in [4.78, 5) is 21.4. The number of ether oxygens (including phenoxy) is 1. The number of nitrogens with zero attached hydrogens (tertiary/aromatic N) is 2. The fourth-order valence-electron chi connectivity index (χ4n) is 6.02. The number of sulfone groups is 1. The van der Waals surface area contributed by atoms with Crippen LogP contribution in [0, 0.1) is 5.92 Å². The Morgan fingerprint density at radius 3 is 2.55 bits per heavy atom. The number of rotatable bonds is 7. The summed E-state index contributed by atoms with van der Waals surface area (Å²) < 4.78 is 29.3.